The van der Waals surface area contributed by atoms with E-state index in [1.807, 2.05) is 23.6 Å². The molecule has 3 aromatic heterocycles. The molecular weight excluding hydrogens is 308 g/mol. The number of aromatic nitrogens is 4. The van der Waals surface area contributed by atoms with E-state index in [-0.39, 0.29) is 0 Å². The number of fused-ring (bicyclic) bond motifs is 1. The van der Waals surface area contributed by atoms with Crippen molar-refractivity contribution in [2.75, 3.05) is 7.11 Å². The SMILES string of the molecule is COc1ccc2nc(CCl)n(CCc3csc(C)n3)c2n1. The minimum atomic E-state index is 0.356. The fourth-order valence-electron chi connectivity index (χ4n) is 2.23. The molecule has 0 amide bonds. The van der Waals surface area contributed by atoms with Crippen LogP contribution < -0.4 is 4.74 Å². The number of imidazole rings is 1. The number of methoxy groups -OCH3 is 1. The molecule has 0 saturated carbocycles. The van der Waals surface area contributed by atoms with E-state index in [1.54, 1.807) is 18.4 Å². The zero-order valence-corrected chi connectivity index (χ0v) is 13.4. The summed E-state index contributed by atoms with van der Waals surface area (Å²) >= 11 is 7.67. The van der Waals surface area contributed by atoms with Crippen molar-refractivity contribution < 1.29 is 4.74 Å². The van der Waals surface area contributed by atoms with Crippen molar-refractivity contribution in [1.82, 2.24) is 19.5 Å². The van der Waals surface area contributed by atoms with Gasteiger partial charge in [0.25, 0.3) is 0 Å². The summed E-state index contributed by atoms with van der Waals surface area (Å²) in [6.07, 6.45) is 0.832. The lowest BCUT2D eigenvalue weighted by Gasteiger charge is -2.06. The summed E-state index contributed by atoms with van der Waals surface area (Å²) in [4.78, 5) is 13.5. The molecule has 3 aromatic rings. The molecule has 21 heavy (non-hydrogen) atoms. The molecule has 0 aromatic carbocycles. The Morgan fingerprint density at radius 3 is 2.81 bits per heavy atom. The third kappa shape index (κ3) is 2.87. The van der Waals surface area contributed by atoms with Crippen LogP contribution in [0.15, 0.2) is 17.5 Å². The molecule has 7 heteroatoms. The molecule has 0 aliphatic heterocycles. The fraction of sp³-hybridized carbons (Fsp3) is 0.357. The zero-order valence-electron chi connectivity index (χ0n) is 11.8. The Hall–Kier alpha value is -1.66. The Morgan fingerprint density at radius 1 is 1.29 bits per heavy atom. The molecule has 110 valence electrons. The maximum atomic E-state index is 6.01. The minimum absolute atomic E-state index is 0.356. The highest BCUT2D eigenvalue weighted by atomic mass is 35.5. The van der Waals surface area contributed by atoms with Gasteiger partial charge in [0, 0.05) is 24.4 Å². The summed E-state index contributed by atoms with van der Waals surface area (Å²) in [6.45, 7) is 2.76. The molecule has 0 spiro atoms. The van der Waals surface area contributed by atoms with Gasteiger partial charge in [-0.3, -0.25) is 0 Å². The lowest BCUT2D eigenvalue weighted by atomic mass is 10.3. The van der Waals surface area contributed by atoms with E-state index in [4.69, 9.17) is 16.3 Å². The second-order valence-electron chi connectivity index (χ2n) is 4.62. The Morgan fingerprint density at radius 2 is 2.14 bits per heavy atom. The Labute approximate surface area is 131 Å². The summed E-state index contributed by atoms with van der Waals surface area (Å²) in [5, 5.41) is 3.17. The fourth-order valence-corrected chi connectivity index (χ4v) is 3.08. The average Bonchev–Trinajstić information content (AvgIpc) is 3.07. The van der Waals surface area contributed by atoms with Crippen LogP contribution in [0.3, 0.4) is 0 Å². The Balaban J connectivity index is 1.94. The van der Waals surface area contributed by atoms with Crippen molar-refractivity contribution in [2.45, 2.75) is 25.8 Å². The predicted octanol–water partition coefficient (Wildman–Crippen LogP) is 3.19. The number of pyridine rings is 1. The number of hydrogen-bond acceptors (Lipinski definition) is 5. The number of alkyl halides is 1. The average molecular weight is 323 g/mol. The van der Waals surface area contributed by atoms with Gasteiger partial charge < -0.3 is 9.30 Å². The zero-order chi connectivity index (χ0) is 14.8. The van der Waals surface area contributed by atoms with Crippen molar-refractivity contribution in [3.8, 4) is 5.88 Å². The van der Waals surface area contributed by atoms with Crippen LogP contribution in [-0.4, -0.2) is 26.6 Å². The van der Waals surface area contributed by atoms with Crippen LogP contribution in [0.25, 0.3) is 11.2 Å². The second-order valence-corrected chi connectivity index (χ2v) is 5.95. The summed E-state index contributed by atoms with van der Waals surface area (Å²) in [5.74, 6) is 1.75. The van der Waals surface area contributed by atoms with Crippen molar-refractivity contribution in [1.29, 1.82) is 0 Å². The van der Waals surface area contributed by atoms with Crippen LogP contribution >= 0.6 is 22.9 Å². The lowest BCUT2D eigenvalue weighted by molar-refractivity contribution is 0.399. The predicted molar refractivity (Wildman–Crippen MR) is 84.2 cm³/mol. The monoisotopic (exact) mass is 322 g/mol. The first-order valence-electron chi connectivity index (χ1n) is 6.58. The largest absolute Gasteiger partial charge is 0.481 e. The molecule has 0 saturated heterocycles. The Bertz CT molecular complexity index is 768. The van der Waals surface area contributed by atoms with E-state index < -0.39 is 0 Å². The van der Waals surface area contributed by atoms with Gasteiger partial charge in [0.2, 0.25) is 5.88 Å². The second kappa shape index (κ2) is 5.99. The number of rotatable bonds is 5. The van der Waals surface area contributed by atoms with Gasteiger partial charge >= 0.3 is 0 Å². The smallest absolute Gasteiger partial charge is 0.215 e. The van der Waals surface area contributed by atoms with Crippen molar-refractivity contribution in [3.05, 3.63) is 34.0 Å². The molecule has 0 aliphatic rings. The van der Waals surface area contributed by atoms with Gasteiger partial charge in [-0.1, -0.05) is 0 Å². The molecule has 0 radical (unpaired) electrons. The van der Waals surface area contributed by atoms with Crippen LogP contribution in [-0.2, 0) is 18.8 Å². The van der Waals surface area contributed by atoms with Gasteiger partial charge in [-0.25, -0.2) is 9.97 Å². The van der Waals surface area contributed by atoms with Gasteiger partial charge in [-0.05, 0) is 13.0 Å². The van der Waals surface area contributed by atoms with E-state index in [0.29, 0.717) is 11.8 Å². The molecular formula is C14H15ClN4OS. The van der Waals surface area contributed by atoms with Crippen LogP contribution in [0.5, 0.6) is 5.88 Å². The highest BCUT2D eigenvalue weighted by Gasteiger charge is 2.12. The third-order valence-corrected chi connectivity index (χ3v) is 4.29. The van der Waals surface area contributed by atoms with Crippen LogP contribution in [0, 0.1) is 6.92 Å². The van der Waals surface area contributed by atoms with E-state index in [0.717, 1.165) is 40.7 Å². The summed E-state index contributed by atoms with van der Waals surface area (Å²) in [6, 6.07) is 3.71. The minimum Gasteiger partial charge on any atom is -0.481 e. The van der Waals surface area contributed by atoms with Gasteiger partial charge in [-0.2, -0.15) is 4.98 Å². The summed E-state index contributed by atoms with van der Waals surface area (Å²) in [7, 11) is 1.61. The maximum Gasteiger partial charge on any atom is 0.215 e. The number of aryl methyl sites for hydroxylation is 3. The molecule has 0 fully saturated rings. The molecule has 0 aliphatic carbocycles. The van der Waals surface area contributed by atoms with Gasteiger partial charge in [0.1, 0.15) is 11.3 Å². The topological polar surface area (TPSA) is 52.8 Å². The van der Waals surface area contributed by atoms with Gasteiger partial charge in [0.15, 0.2) is 5.65 Å². The molecule has 0 atom stereocenters. The van der Waals surface area contributed by atoms with Gasteiger partial charge in [0.05, 0.1) is 23.7 Å². The number of halogens is 1. The third-order valence-electron chi connectivity index (χ3n) is 3.23. The first-order chi connectivity index (χ1) is 10.2. The molecule has 3 heterocycles. The Kier molecular flexibility index (Phi) is 4.07. The normalized spacial score (nSPS) is 11.2. The number of ether oxygens (including phenoxy) is 1. The number of hydrogen-bond donors (Lipinski definition) is 0. The van der Waals surface area contributed by atoms with Crippen molar-refractivity contribution in [2.24, 2.45) is 0 Å². The number of thiazole rings is 1. The highest BCUT2D eigenvalue weighted by Crippen LogP contribution is 2.20. The number of nitrogens with zero attached hydrogens (tertiary/aromatic N) is 4. The summed E-state index contributed by atoms with van der Waals surface area (Å²) < 4.78 is 7.23. The summed E-state index contributed by atoms with van der Waals surface area (Å²) in [5.41, 5.74) is 2.72. The van der Waals surface area contributed by atoms with E-state index in [1.165, 1.54) is 0 Å². The van der Waals surface area contributed by atoms with E-state index in [2.05, 4.69) is 20.3 Å². The van der Waals surface area contributed by atoms with E-state index in [9.17, 15) is 0 Å². The standard InChI is InChI=1S/C14H15ClN4OS/c1-9-16-10(8-21-9)5-6-19-12(7-15)17-11-3-4-13(20-2)18-14(11)19/h3-4,8H,5-7H2,1-2H3. The highest BCUT2D eigenvalue weighted by molar-refractivity contribution is 7.09. The van der Waals surface area contributed by atoms with Gasteiger partial charge in [-0.15, -0.1) is 22.9 Å². The molecule has 5 nitrogen and oxygen atoms in total. The van der Waals surface area contributed by atoms with Crippen molar-refractivity contribution in [3.63, 3.8) is 0 Å². The molecule has 0 unspecified atom stereocenters. The molecule has 0 N–H and O–H groups in total. The van der Waals surface area contributed by atoms with Crippen LogP contribution in [0.1, 0.15) is 16.5 Å². The van der Waals surface area contributed by atoms with Crippen LogP contribution in [0.4, 0.5) is 0 Å². The lowest BCUT2D eigenvalue weighted by Crippen LogP contribution is -2.06. The molecule has 0 bridgehead atoms. The van der Waals surface area contributed by atoms with E-state index >= 15 is 0 Å². The first-order valence-corrected chi connectivity index (χ1v) is 8.00. The maximum absolute atomic E-state index is 6.01. The molecule has 3 rings (SSSR count). The quantitative estimate of drug-likeness (QED) is 0.677. The van der Waals surface area contributed by atoms with Crippen LogP contribution in [0.2, 0.25) is 0 Å². The van der Waals surface area contributed by atoms with Crippen molar-refractivity contribution >= 4 is 34.1 Å². The first kappa shape index (κ1) is 14.3.